The van der Waals surface area contributed by atoms with E-state index in [1.165, 1.54) is 0 Å². The van der Waals surface area contributed by atoms with Crippen LogP contribution in [0.5, 0.6) is 0 Å². The summed E-state index contributed by atoms with van der Waals surface area (Å²) in [5, 5.41) is 2.11. The van der Waals surface area contributed by atoms with Crippen molar-refractivity contribution in [1.82, 2.24) is 9.55 Å². The molecule has 0 fully saturated rings. The molecular formula is C18H18N2O. The van der Waals surface area contributed by atoms with Gasteiger partial charge in [-0.2, -0.15) is 0 Å². The molecule has 0 aliphatic rings. The van der Waals surface area contributed by atoms with E-state index < -0.39 is 0 Å². The molecule has 106 valence electrons. The van der Waals surface area contributed by atoms with E-state index in [1.807, 2.05) is 48.7 Å². The molecule has 0 bridgehead atoms. The quantitative estimate of drug-likeness (QED) is 0.664. The summed E-state index contributed by atoms with van der Waals surface area (Å²) in [6, 6.07) is 13.9. The van der Waals surface area contributed by atoms with Crippen LogP contribution in [0.1, 0.15) is 29.5 Å². The van der Waals surface area contributed by atoms with Gasteiger partial charge in [0.05, 0.1) is 6.42 Å². The van der Waals surface area contributed by atoms with Gasteiger partial charge in [0.25, 0.3) is 0 Å². The zero-order chi connectivity index (χ0) is 14.7. The van der Waals surface area contributed by atoms with Gasteiger partial charge in [-0.25, -0.2) is 4.98 Å². The summed E-state index contributed by atoms with van der Waals surface area (Å²) in [5.74, 6) is 0.963. The van der Waals surface area contributed by atoms with Crippen molar-refractivity contribution in [1.29, 1.82) is 0 Å². The first-order chi connectivity index (χ1) is 10.3. The molecule has 3 aromatic rings. The number of imidazole rings is 1. The van der Waals surface area contributed by atoms with Crippen molar-refractivity contribution in [3.63, 3.8) is 0 Å². The van der Waals surface area contributed by atoms with Crippen LogP contribution in [0.2, 0.25) is 0 Å². The molecule has 0 aliphatic heterocycles. The van der Waals surface area contributed by atoms with Crippen LogP contribution in [0.3, 0.4) is 0 Å². The molecule has 0 radical (unpaired) electrons. The first-order valence-corrected chi connectivity index (χ1v) is 7.30. The monoisotopic (exact) mass is 278 g/mol. The molecule has 2 aromatic carbocycles. The van der Waals surface area contributed by atoms with E-state index in [0.29, 0.717) is 6.42 Å². The molecule has 3 rings (SSSR count). The van der Waals surface area contributed by atoms with Crippen LogP contribution >= 0.6 is 0 Å². The van der Waals surface area contributed by atoms with Crippen LogP contribution in [0, 0.1) is 0 Å². The molecule has 0 saturated carbocycles. The molecule has 21 heavy (non-hydrogen) atoms. The number of Topliss-reactive ketones (excluding diaryl/α,β-unsaturated/α-hetero) is 1. The number of aromatic nitrogens is 2. The molecule has 0 saturated heterocycles. The molecular weight excluding hydrogens is 260 g/mol. The normalized spacial score (nSPS) is 10.9. The molecule has 3 heteroatoms. The molecule has 1 aromatic heterocycles. The Bertz CT molecular complexity index is 768. The standard InChI is InChI=1S/C18H18N2O/c1-2-11-20-12-10-19-18(20)13-17(21)16-9-5-7-14-6-3-4-8-15(14)16/h3-10,12H,2,11,13H2,1H3. The lowest BCUT2D eigenvalue weighted by atomic mass is 10.00. The highest BCUT2D eigenvalue weighted by Crippen LogP contribution is 2.20. The zero-order valence-electron chi connectivity index (χ0n) is 12.1. The number of hydrogen-bond acceptors (Lipinski definition) is 2. The van der Waals surface area contributed by atoms with Gasteiger partial charge in [-0.05, 0) is 17.2 Å². The molecule has 1 heterocycles. The van der Waals surface area contributed by atoms with Gasteiger partial charge in [0, 0.05) is 24.5 Å². The third-order valence-electron chi connectivity index (χ3n) is 3.67. The van der Waals surface area contributed by atoms with Crippen molar-refractivity contribution < 1.29 is 4.79 Å². The Morgan fingerprint density at radius 2 is 1.95 bits per heavy atom. The largest absolute Gasteiger partial charge is 0.335 e. The van der Waals surface area contributed by atoms with Crippen molar-refractivity contribution >= 4 is 16.6 Å². The lowest BCUT2D eigenvalue weighted by Gasteiger charge is -2.08. The predicted molar refractivity (Wildman–Crippen MR) is 84.5 cm³/mol. The lowest BCUT2D eigenvalue weighted by molar-refractivity contribution is 0.0991. The zero-order valence-corrected chi connectivity index (χ0v) is 12.1. The van der Waals surface area contributed by atoms with Crippen LogP contribution in [-0.4, -0.2) is 15.3 Å². The molecule has 0 N–H and O–H groups in total. The number of nitrogens with zero attached hydrogens (tertiary/aromatic N) is 2. The molecule has 0 spiro atoms. The molecule has 0 atom stereocenters. The number of hydrogen-bond donors (Lipinski definition) is 0. The van der Waals surface area contributed by atoms with E-state index in [2.05, 4.69) is 16.5 Å². The van der Waals surface area contributed by atoms with Crippen LogP contribution < -0.4 is 0 Å². The maximum atomic E-state index is 12.6. The van der Waals surface area contributed by atoms with Gasteiger partial charge in [-0.3, -0.25) is 4.79 Å². The van der Waals surface area contributed by atoms with E-state index in [4.69, 9.17) is 0 Å². The summed E-state index contributed by atoms with van der Waals surface area (Å²) >= 11 is 0. The fraction of sp³-hybridized carbons (Fsp3) is 0.222. The van der Waals surface area contributed by atoms with Crippen LogP contribution in [0.25, 0.3) is 10.8 Å². The molecule has 0 aliphatic carbocycles. The summed E-state index contributed by atoms with van der Waals surface area (Å²) < 4.78 is 2.06. The van der Waals surface area contributed by atoms with Gasteiger partial charge >= 0.3 is 0 Å². The second kappa shape index (κ2) is 5.92. The van der Waals surface area contributed by atoms with Gasteiger partial charge < -0.3 is 4.57 Å². The van der Waals surface area contributed by atoms with Crippen molar-refractivity contribution in [2.24, 2.45) is 0 Å². The van der Waals surface area contributed by atoms with Crippen molar-refractivity contribution in [3.8, 4) is 0 Å². The van der Waals surface area contributed by atoms with E-state index in [1.54, 1.807) is 6.20 Å². The van der Waals surface area contributed by atoms with Gasteiger partial charge in [0.2, 0.25) is 0 Å². The van der Waals surface area contributed by atoms with Gasteiger partial charge in [0.15, 0.2) is 5.78 Å². The second-order valence-electron chi connectivity index (χ2n) is 5.16. The number of benzene rings is 2. The van der Waals surface area contributed by atoms with Crippen LogP contribution in [0.15, 0.2) is 54.9 Å². The SMILES string of the molecule is CCCn1ccnc1CC(=O)c1cccc2ccccc12. The fourth-order valence-corrected chi connectivity index (χ4v) is 2.66. The summed E-state index contributed by atoms with van der Waals surface area (Å²) in [6.07, 6.45) is 5.09. The number of rotatable bonds is 5. The number of carbonyl (C=O) groups excluding carboxylic acids is 1. The summed E-state index contributed by atoms with van der Waals surface area (Å²) in [6.45, 7) is 3.02. The minimum Gasteiger partial charge on any atom is -0.335 e. The first-order valence-electron chi connectivity index (χ1n) is 7.30. The Kier molecular flexibility index (Phi) is 3.82. The van der Waals surface area contributed by atoms with Crippen molar-refractivity contribution in [3.05, 3.63) is 66.2 Å². The Morgan fingerprint density at radius 1 is 1.14 bits per heavy atom. The fourth-order valence-electron chi connectivity index (χ4n) is 2.66. The Balaban J connectivity index is 1.92. The molecule has 3 nitrogen and oxygen atoms in total. The van der Waals surface area contributed by atoms with E-state index in [9.17, 15) is 4.79 Å². The van der Waals surface area contributed by atoms with Crippen molar-refractivity contribution in [2.75, 3.05) is 0 Å². The van der Waals surface area contributed by atoms with Crippen LogP contribution in [-0.2, 0) is 13.0 Å². The maximum Gasteiger partial charge on any atom is 0.170 e. The highest BCUT2D eigenvalue weighted by atomic mass is 16.1. The highest BCUT2D eigenvalue weighted by Gasteiger charge is 2.13. The third-order valence-corrected chi connectivity index (χ3v) is 3.67. The summed E-state index contributed by atoms with van der Waals surface area (Å²) in [5.41, 5.74) is 0.777. The van der Waals surface area contributed by atoms with E-state index >= 15 is 0 Å². The van der Waals surface area contributed by atoms with Gasteiger partial charge in [0.1, 0.15) is 5.82 Å². The highest BCUT2D eigenvalue weighted by molar-refractivity contribution is 6.08. The summed E-state index contributed by atoms with van der Waals surface area (Å²) in [7, 11) is 0. The number of carbonyl (C=O) groups is 1. The Morgan fingerprint density at radius 3 is 2.81 bits per heavy atom. The smallest absolute Gasteiger partial charge is 0.170 e. The number of ketones is 1. The summed E-state index contributed by atoms with van der Waals surface area (Å²) in [4.78, 5) is 17.0. The second-order valence-corrected chi connectivity index (χ2v) is 5.16. The first kappa shape index (κ1) is 13.6. The minimum atomic E-state index is 0.121. The number of fused-ring (bicyclic) bond motifs is 1. The average Bonchev–Trinajstić information content (AvgIpc) is 2.94. The molecule has 0 unspecified atom stereocenters. The maximum absolute atomic E-state index is 12.6. The van der Waals surface area contributed by atoms with Crippen molar-refractivity contribution in [2.45, 2.75) is 26.3 Å². The average molecular weight is 278 g/mol. The van der Waals surface area contributed by atoms with Gasteiger partial charge in [-0.1, -0.05) is 49.4 Å². The Hall–Kier alpha value is -2.42. The van der Waals surface area contributed by atoms with E-state index in [-0.39, 0.29) is 5.78 Å². The number of aryl methyl sites for hydroxylation is 1. The minimum absolute atomic E-state index is 0.121. The molecule has 0 amide bonds. The Labute approximate surface area is 124 Å². The van der Waals surface area contributed by atoms with Crippen LogP contribution in [0.4, 0.5) is 0 Å². The topological polar surface area (TPSA) is 34.9 Å². The van der Waals surface area contributed by atoms with Gasteiger partial charge in [-0.15, -0.1) is 0 Å². The predicted octanol–water partition coefficient (Wildman–Crippen LogP) is 3.87. The lowest BCUT2D eigenvalue weighted by Crippen LogP contribution is -2.10. The third kappa shape index (κ3) is 2.72. The van der Waals surface area contributed by atoms with E-state index in [0.717, 1.165) is 35.1 Å².